The molecule has 57 heavy (non-hydrogen) atoms. The predicted octanol–water partition coefficient (Wildman–Crippen LogP) is 13.9. The lowest BCUT2D eigenvalue weighted by Crippen LogP contribution is -2.00. The standard InChI is InChI=1S/C51H30N4OS/c1-3-13-31(14-4-1)35-19-11-24-46-47(35)39-29-33(26-28-45(39)57-46)50-52-49(32-15-5-2-6-16-32)53-51(54-50)34-25-27-38-44(30-34)56-43-23-12-22-42(48(38)43)55-40-20-9-7-17-36(40)37-18-8-10-21-41(37)55/h1-30H. The Hall–Kier alpha value is -7.41. The lowest BCUT2D eigenvalue weighted by Gasteiger charge is -2.10. The molecule has 0 aliphatic carbocycles. The van der Waals surface area contributed by atoms with Crippen molar-refractivity contribution < 1.29 is 4.42 Å². The van der Waals surface area contributed by atoms with Crippen LogP contribution in [0.4, 0.5) is 0 Å². The van der Waals surface area contributed by atoms with Crippen LogP contribution in [0.2, 0.25) is 0 Å². The van der Waals surface area contributed by atoms with Crippen LogP contribution in [-0.2, 0) is 0 Å². The van der Waals surface area contributed by atoms with Gasteiger partial charge in [0.1, 0.15) is 11.2 Å². The molecule has 8 aromatic carbocycles. The molecule has 0 atom stereocenters. The molecular weight excluding hydrogens is 717 g/mol. The minimum Gasteiger partial charge on any atom is -0.456 e. The van der Waals surface area contributed by atoms with Gasteiger partial charge in [0.2, 0.25) is 0 Å². The molecule has 0 aliphatic rings. The molecule has 12 rings (SSSR count). The molecule has 4 heterocycles. The van der Waals surface area contributed by atoms with Gasteiger partial charge in [-0.1, -0.05) is 121 Å². The maximum atomic E-state index is 6.65. The van der Waals surface area contributed by atoms with E-state index in [1.54, 1.807) is 0 Å². The van der Waals surface area contributed by atoms with Crippen LogP contribution in [-0.4, -0.2) is 19.5 Å². The minimum atomic E-state index is 0.587. The van der Waals surface area contributed by atoms with Crippen molar-refractivity contribution >= 4 is 75.3 Å². The van der Waals surface area contributed by atoms with Gasteiger partial charge < -0.3 is 8.98 Å². The number of rotatable bonds is 5. The number of nitrogens with zero attached hydrogens (tertiary/aromatic N) is 4. The smallest absolute Gasteiger partial charge is 0.164 e. The summed E-state index contributed by atoms with van der Waals surface area (Å²) in [5, 5.41) is 6.99. The monoisotopic (exact) mass is 746 g/mol. The Kier molecular flexibility index (Phi) is 7.03. The summed E-state index contributed by atoms with van der Waals surface area (Å²) in [4.78, 5) is 15.3. The fourth-order valence-corrected chi connectivity index (χ4v) is 9.60. The average Bonchev–Trinajstić information content (AvgIpc) is 3.96. The van der Waals surface area contributed by atoms with Crippen molar-refractivity contribution in [2.45, 2.75) is 0 Å². The molecule has 6 heteroatoms. The van der Waals surface area contributed by atoms with Gasteiger partial charge in [-0.2, -0.15) is 0 Å². The van der Waals surface area contributed by atoms with E-state index in [0.717, 1.165) is 55.3 Å². The third kappa shape index (κ3) is 5.04. The molecule has 0 bridgehead atoms. The van der Waals surface area contributed by atoms with Crippen LogP contribution in [0, 0.1) is 0 Å². The Morgan fingerprint density at radius 1 is 0.386 bits per heavy atom. The first kappa shape index (κ1) is 31.9. The Morgan fingerprint density at radius 3 is 1.74 bits per heavy atom. The third-order valence-electron chi connectivity index (χ3n) is 11.1. The van der Waals surface area contributed by atoms with E-state index in [4.69, 9.17) is 19.4 Å². The van der Waals surface area contributed by atoms with Crippen LogP contribution >= 0.6 is 11.3 Å². The second-order valence-corrected chi connectivity index (χ2v) is 15.4. The quantitative estimate of drug-likeness (QED) is 0.176. The van der Waals surface area contributed by atoms with E-state index in [1.165, 1.54) is 42.1 Å². The van der Waals surface area contributed by atoms with Crippen LogP contribution in [0.15, 0.2) is 186 Å². The highest BCUT2D eigenvalue weighted by Gasteiger charge is 2.20. The summed E-state index contributed by atoms with van der Waals surface area (Å²) in [6.07, 6.45) is 0. The second-order valence-electron chi connectivity index (χ2n) is 14.4. The lowest BCUT2D eigenvalue weighted by molar-refractivity contribution is 0.669. The zero-order chi connectivity index (χ0) is 37.5. The molecule has 0 saturated carbocycles. The molecule has 4 aromatic heterocycles. The lowest BCUT2D eigenvalue weighted by atomic mass is 9.99. The van der Waals surface area contributed by atoms with Crippen LogP contribution in [0.1, 0.15) is 0 Å². The van der Waals surface area contributed by atoms with Gasteiger partial charge in [0, 0.05) is 53.0 Å². The Morgan fingerprint density at radius 2 is 1.00 bits per heavy atom. The molecule has 0 N–H and O–H groups in total. The van der Waals surface area contributed by atoms with Crippen LogP contribution < -0.4 is 0 Å². The Balaban J connectivity index is 1.04. The second kappa shape index (κ2) is 12.6. The zero-order valence-corrected chi connectivity index (χ0v) is 31.2. The number of hydrogen-bond acceptors (Lipinski definition) is 5. The van der Waals surface area contributed by atoms with Crippen LogP contribution in [0.3, 0.4) is 0 Å². The first-order valence-electron chi connectivity index (χ1n) is 19.0. The molecular formula is C51H30N4OS. The van der Waals surface area contributed by atoms with E-state index in [2.05, 4.69) is 156 Å². The summed E-state index contributed by atoms with van der Waals surface area (Å²) in [7, 11) is 0. The summed E-state index contributed by atoms with van der Waals surface area (Å²) >= 11 is 1.81. The van der Waals surface area contributed by atoms with Gasteiger partial charge in [-0.3, -0.25) is 0 Å². The molecule has 0 radical (unpaired) electrons. The molecule has 0 spiro atoms. The van der Waals surface area contributed by atoms with E-state index in [9.17, 15) is 0 Å². The predicted molar refractivity (Wildman–Crippen MR) is 236 cm³/mol. The first-order valence-corrected chi connectivity index (χ1v) is 19.8. The maximum Gasteiger partial charge on any atom is 0.164 e. The van der Waals surface area contributed by atoms with Crippen LogP contribution in [0.25, 0.3) is 115 Å². The largest absolute Gasteiger partial charge is 0.456 e. The summed E-state index contributed by atoms with van der Waals surface area (Å²) in [5.41, 5.74) is 10.1. The fourth-order valence-electron chi connectivity index (χ4n) is 8.49. The summed E-state index contributed by atoms with van der Waals surface area (Å²) in [5.74, 6) is 1.83. The first-order chi connectivity index (χ1) is 28.2. The molecule has 0 fully saturated rings. The summed E-state index contributed by atoms with van der Waals surface area (Å²) in [6, 6.07) is 63.7. The van der Waals surface area contributed by atoms with Crippen molar-refractivity contribution in [3.63, 3.8) is 0 Å². The highest BCUT2D eigenvalue weighted by molar-refractivity contribution is 7.26. The molecule has 266 valence electrons. The number of hydrogen-bond donors (Lipinski definition) is 0. The minimum absolute atomic E-state index is 0.587. The van der Waals surface area contributed by atoms with Crippen molar-refractivity contribution in [2.75, 3.05) is 0 Å². The van der Waals surface area contributed by atoms with Gasteiger partial charge >= 0.3 is 0 Å². The summed E-state index contributed by atoms with van der Waals surface area (Å²) in [6.45, 7) is 0. The topological polar surface area (TPSA) is 56.7 Å². The Bertz CT molecular complexity index is 3470. The normalized spacial score (nSPS) is 11.9. The molecule has 0 aliphatic heterocycles. The van der Waals surface area contributed by atoms with E-state index in [0.29, 0.717) is 17.5 Å². The van der Waals surface area contributed by atoms with Gasteiger partial charge in [0.25, 0.3) is 0 Å². The fraction of sp³-hybridized carbons (Fsp3) is 0. The van der Waals surface area contributed by atoms with Crippen LogP contribution in [0.5, 0.6) is 0 Å². The number of benzene rings is 8. The number of fused-ring (bicyclic) bond motifs is 9. The van der Waals surface area contributed by atoms with Crippen molar-refractivity contribution in [1.82, 2.24) is 19.5 Å². The van der Waals surface area contributed by atoms with Crippen molar-refractivity contribution in [3.05, 3.63) is 182 Å². The average molecular weight is 747 g/mol. The van der Waals surface area contributed by atoms with Crippen molar-refractivity contribution in [2.24, 2.45) is 0 Å². The van der Waals surface area contributed by atoms with Gasteiger partial charge in [0.15, 0.2) is 17.5 Å². The number of furan rings is 1. The molecule has 5 nitrogen and oxygen atoms in total. The number of para-hydroxylation sites is 2. The molecule has 12 aromatic rings. The highest BCUT2D eigenvalue weighted by atomic mass is 32.1. The van der Waals surface area contributed by atoms with E-state index in [1.807, 2.05) is 41.7 Å². The SMILES string of the molecule is c1ccc(-c2nc(-c3ccc4c(c3)oc3cccc(-n5c6ccccc6c6ccccc65)c34)nc(-c3ccc4sc5cccc(-c6ccccc6)c5c4c3)n2)cc1. The maximum absolute atomic E-state index is 6.65. The van der Waals surface area contributed by atoms with Gasteiger partial charge in [-0.25, -0.2) is 15.0 Å². The number of aromatic nitrogens is 4. The van der Waals surface area contributed by atoms with Gasteiger partial charge in [0.05, 0.1) is 22.1 Å². The zero-order valence-electron chi connectivity index (χ0n) is 30.4. The molecule has 0 amide bonds. The van der Waals surface area contributed by atoms with Crippen molar-refractivity contribution in [3.8, 4) is 51.0 Å². The summed E-state index contributed by atoms with van der Waals surface area (Å²) < 4.78 is 11.5. The van der Waals surface area contributed by atoms with E-state index < -0.39 is 0 Å². The molecule has 0 unspecified atom stereocenters. The Labute approximate surface area is 330 Å². The third-order valence-corrected chi connectivity index (χ3v) is 12.2. The van der Waals surface area contributed by atoms with E-state index >= 15 is 0 Å². The van der Waals surface area contributed by atoms with Gasteiger partial charge in [-0.15, -0.1) is 11.3 Å². The van der Waals surface area contributed by atoms with Gasteiger partial charge in [-0.05, 0) is 71.8 Å². The van der Waals surface area contributed by atoms with Crippen molar-refractivity contribution in [1.29, 1.82) is 0 Å². The highest BCUT2D eigenvalue weighted by Crippen LogP contribution is 2.42. The number of thiophene rings is 1. The molecule has 0 saturated heterocycles. The van der Waals surface area contributed by atoms with E-state index in [-0.39, 0.29) is 0 Å².